The van der Waals surface area contributed by atoms with Crippen molar-refractivity contribution in [1.29, 1.82) is 5.26 Å². The van der Waals surface area contributed by atoms with Crippen LogP contribution in [0.4, 0.5) is 0 Å². The molecule has 3 nitrogen and oxygen atoms in total. The third-order valence-corrected chi connectivity index (χ3v) is 2.61. The second kappa shape index (κ2) is 7.00. The maximum Gasteiger partial charge on any atom is 0.0952 e. The number of hydrogen-bond acceptors (Lipinski definition) is 3. The predicted molar refractivity (Wildman–Crippen MR) is 65.6 cm³/mol. The van der Waals surface area contributed by atoms with Crippen LogP contribution in [0.5, 0.6) is 0 Å². The number of nitriles is 1. The summed E-state index contributed by atoms with van der Waals surface area (Å²) in [5, 5.41) is 8.96. The Balaban J connectivity index is 2.60. The van der Waals surface area contributed by atoms with Gasteiger partial charge in [0.25, 0.3) is 0 Å². The molecule has 1 aromatic carbocycles. The van der Waals surface area contributed by atoms with Gasteiger partial charge in [-0.2, -0.15) is 5.26 Å². The highest BCUT2D eigenvalue weighted by atomic mass is 15.1. The van der Waals surface area contributed by atoms with E-state index in [0.29, 0.717) is 6.54 Å². The Bertz CT molecular complexity index is 329. The number of nitrogens with two attached hydrogens (primary N) is 1. The second-order valence-electron chi connectivity index (χ2n) is 3.90. The lowest BCUT2D eigenvalue weighted by atomic mass is 10.2. The highest BCUT2D eigenvalue weighted by Crippen LogP contribution is 2.08. The lowest BCUT2D eigenvalue weighted by Gasteiger charge is -2.24. The summed E-state index contributed by atoms with van der Waals surface area (Å²) in [6.07, 6.45) is 0.929. The molecule has 0 spiro atoms. The first-order valence-corrected chi connectivity index (χ1v) is 5.65. The van der Waals surface area contributed by atoms with Crippen LogP contribution in [0.2, 0.25) is 0 Å². The lowest BCUT2D eigenvalue weighted by molar-refractivity contribution is 0.235. The zero-order chi connectivity index (χ0) is 11.8. The first kappa shape index (κ1) is 12.7. The van der Waals surface area contributed by atoms with Crippen LogP contribution in [0.25, 0.3) is 0 Å². The molecule has 1 atom stereocenters. The van der Waals surface area contributed by atoms with Crippen molar-refractivity contribution in [3.63, 3.8) is 0 Å². The summed E-state index contributed by atoms with van der Waals surface area (Å²) in [6, 6.07) is 12.4. The molecule has 0 saturated carbocycles. The molecule has 0 aliphatic rings. The first-order chi connectivity index (χ1) is 7.77. The van der Waals surface area contributed by atoms with E-state index < -0.39 is 0 Å². The molecule has 16 heavy (non-hydrogen) atoms. The van der Waals surface area contributed by atoms with Gasteiger partial charge in [-0.25, -0.2) is 0 Å². The van der Waals surface area contributed by atoms with Gasteiger partial charge in [-0.05, 0) is 25.5 Å². The molecule has 0 aromatic heterocycles. The molecule has 0 amide bonds. The zero-order valence-electron chi connectivity index (χ0n) is 9.76. The zero-order valence-corrected chi connectivity index (χ0v) is 9.76. The van der Waals surface area contributed by atoms with Crippen molar-refractivity contribution in [3.05, 3.63) is 35.9 Å². The molecule has 1 unspecified atom stereocenters. The third kappa shape index (κ3) is 4.01. The van der Waals surface area contributed by atoms with Crippen LogP contribution in [0.3, 0.4) is 0 Å². The smallest absolute Gasteiger partial charge is 0.0952 e. The van der Waals surface area contributed by atoms with Crippen molar-refractivity contribution < 1.29 is 0 Å². The molecule has 3 heteroatoms. The summed E-state index contributed by atoms with van der Waals surface area (Å²) in [7, 11) is 0. The monoisotopic (exact) mass is 217 g/mol. The van der Waals surface area contributed by atoms with Crippen LogP contribution in [-0.4, -0.2) is 24.0 Å². The average Bonchev–Trinajstić information content (AvgIpc) is 2.34. The van der Waals surface area contributed by atoms with E-state index in [1.54, 1.807) is 0 Å². The Morgan fingerprint density at radius 2 is 2.06 bits per heavy atom. The maximum atomic E-state index is 8.96. The van der Waals surface area contributed by atoms with Gasteiger partial charge in [-0.15, -0.1) is 0 Å². The minimum absolute atomic E-state index is 0.0632. The fourth-order valence-electron chi connectivity index (χ4n) is 1.60. The van der Waals surface area contributed by atoms with E-state index in [2.05, 4.69) is 23.1 Å². The Morgan fingerprint density at radius 3 is 2.62 bits per heavy atom. The fraction of sp³-hybridized carbons (Fsp3) is 0.462. The van der Waals surface area contributed by atoms with Gasteiger partial charge in [-0.1, -0.05) is 30.3 Å². The van der Waals surface area contributed by atoms with Crippen LogP contribution < -0.4 is 5.73 Å². The van der Waals surface area contributed by atoms with E-state index in [1.807, 2.05) is 25.1 Å². The summed E-state index contributed by atoms with van der Waals surface area (Å²) >= 11 is 0. The molecular weight excluding hydrogens is 198 g/mol. The summed E-state index contributed by atoms with van der Waals surface area (Å²) < 4.78 is 0. The predicted octanol–water partition coefficient (Wildman–Crippen LogP) is 1.75. The topological polar surface area (TPSA) is 53.0 Å². The van der Waals surface area contributed by atoms with Gasteiger partial charge < -0.3 is 5.73 Å². The highest BCUT2D eigenvalue weighted by Gasteiger charge is 2.12. The normalized spacial score (nSPS) is 12.4. The molecule has 0 saturated heterocycles. The average molecular weight is 217 g/mol. The minimum atomic E-state index is -0.0632. The van der Waals surface area contributed by atoms with E-state index in [-0.39, 0.29) is 6.04 Å². The first-order valence-electron chi connectivity index (χ1n) is 5.65. The summed E-state index contributed by atoms with van der Waals surface area (Å²) in [5.74, 6) is 0. The molecule has 0 aliphatic carbocycles. The molecule has 1 rings (SSSR count). The lowest BCUT2D eigenvalue weighted by Crippen LogP contribution is -2.33. The largest absolute Gasteiger partial charge is 0.330 e. The molecule has 0 fully saturated rings. The van der Waals surface area contributed by atoms with Crippen LogP contribution in [0.15, 0.2) is 30.3 Å². The van der Waals surface area contributed by atoms with Gasteiger partial charge in [0.2, 0.25) is 0 Å². The SMILES string of the molecule is CC(C#N)N(CCCN)Cc1ccccc1. The van der Waals surface area contributed by atoms with Crippen LogP contribution >= 0.6 is 0 Å². The van der Waals surface area contributed by atoms with E-state index in [0.717, 1.165) is 19.5 Å². The number of benzene rings is 1. The van der Waals surface area contributed by atoms with E-state index in [4.69, 9.17) is 11.0 Å². The van der Waals surface area contributed by atoms with Crippen molar-refractivity contribution in [2.75, 3.05) is 13.1 Å². The van der Waals surface area contributed by atoms with Gasteiger partial charge >= 0.3 is 0 Å². The van der Waals surface area contributed by atoms with Gasteiger partial charge in [0.1, 0.15) is 0 Å². The second-order valence-corrected chi connectivity index (χ2v) is 3.90. The van der Waals surface area contributed by atoms with Crippen molar-refractivity contribution >= 4 is 0 Å². The van der Waals surface area contributed by atoms with Gasteiger partial charge in [0.05, 0.1) is 12.1 Å². The van der Waals surface area contributed by atoms with Crippen molar-refractivity contribution in [3.8, 4) is 6.07 Å². The molecular formula is C13H19N3. The van der Waals surface area contributed by atoms with E-state index >= 15 is 0 Å². The van der Waals surface area contributed by atoms with E-state index in [1.165, 1.54) is 5.56 Å². The molecule has 86 valence electrons. The Hall–Kier alpha value is -1.37. The quantitative estimate of drug-likeness (QED) is 0.789. The Kier molecular flexibility index (Phi) is 5.55. The molecule has 2 N–H and O–H groups in total. The Morgan fingerprint density at radius 1 is 1.38 bits per heavy atom. The Labute approximate surface area is 97.5 Å². The molecule has 0 heterocycles. The highest BCUT2D eigenvalue weighted by molar-refractivity contribution is 5.14. The van der Waals surface area contributed by atoms with Crippen LogP contribution in [0, 0.1) is 11.3 Å². The van der Waals surface area contributed by atoms with Crippen molar-refractivity contribution in [2.24, 2.45) is 5.73 Å². The third-order valence-electron chi connectivity index (χ3n) is 2.61. The van der Waals surface area contributed by atoms with Crippen LogP contribution in [-0.2, 0) is 6.54 Å². The van der Waals surface area contributed by atoms with Gasteiger partial charge in [0.15, 0.2) is 0 Å². The van der Waals surface area contributed by atoms with E-state index in [9.17, 15) is 0 Å². The van der Waals surface area contributed by atoms with Crippen LogP contribution in [0.1, 0.15) is 18.9 Å². The summed E-state index contributed by atoms with van der Waals surface area (Å²) in [6.45, 7) is 4.29. The molecule has 1 aromatic rings. The number of nitrogens with zero attached hydrogens (tertiary/aromatic N) is 2. The minimum Gasteiger partial charge on any atom is -0.330 e. The standard InChI is InChI=1S/C13H19N3/c1-12(10-15)16(9-5-8-14)11-13-6-3-2-4-7-13/h2-4,6-7,12H,5,8-9,11,14H2,1H3. The number of rotatable bonds is 6. The van der Waals surface area contributed by atoms with Gasteiger partial charge in [-0.3, -0.25) is 4.90 Å². The van der Waals surface area contributed by atoms with Crippen molar-refractivity contribution in [1.82, 2.24) is 4.90 Å². The summed E-state index contributed by atoms with van der Waals surface area (Å²) in [4.78, 5) is 2.15. The maximum absolute atomic E-state index is 8.96. The molecule has 0 radical (unpaired) electrons. The molecule has 0 aliphatic heterocycles. The number of hydrogen-bond donors (Lipinski definition) is 1. The summed E-state index contributed by atoms with van der Waals surface area (Å²) in [5.41, 5.74) is 6.74. The molecule has 0 bridgehead atoms. The fourth-order valence-corrected chi connectivity index (χ4v) is 1.60. The van der Waals surface area contributed by atoms with Gasteiger partial charge in [0, 0.05) is 13.1 Å². The van der Waals surface area contributed by atoms with Crippen molar-refractivity contribution in [2.45, 2.75) is 25.9 Å².